The number of carbonyl (C=O) groups is 1. The first kappa shape index (κ1) is 15.7. The van der Waals surface area contributed by atoms with Crippen LogP contribution in [0.5, 0.6) is 5.75 Å². The van der Waals surface area contributed by atoms with Gasteiger partial charge in [-0.3, -0.25) is 4.79 Å². The van der Waals surface area contributed by atoms with Crippen molar-refractivity contribution in [3.05, 3.63) is 30.0 Å². The van der Waals surface area contributed by atoms with Gasteiger partial charge in [0.25, 0.3) is 0 Å². The molecule has 0 spiro atoms. The standard InChI is InChI=1S/C14H17N3O2S2/c1-9-13(21-14(15)16-9)20-8-7-12(18)17-10-5-3-4-6-11(10)19-2/h3-6H,7-8H2,1-2H3,(H2,15,16)(H,17,18). The Bertz CT molecular complexity index is 628. The molecular formula is C14H17N3O2S2. The lowest BCUT2D eigenvalue weighted by atomic mass is 10.3. The summed E-state index contributed by atoms with van der Waals surface area (Å²) in [6.07, 6.45) is 0.417. The van der Waals surface area contributed by atoms with Gasteiger partial charge in [-0.1, -0.05) is 23.5 Å². The molecule has 0 bridgehead atoms. The summed E-state index contributed by atoms with van der Waals surface area (Å²) >= 11 is 3.05. The Morgan fingerprint density at radius 1 is 1.48 bits per heavy atom. The summed E-state index contributed by atoms with van der Waals surface area (Å²) < 4.78 is 6.27. The molecule has 3 N–H and O–H groups in total. The van der Waals surface area contributed by atoms with E-state index in [1.165, 1.54) is 11.3 Å². The molecule has 0 aliphatic carbocycles. The maximum absolute atomic E-state index is 11.9. The molecule has 7 heteroatoms. The number of ether oxygens (including phenoxy) is 1. The minimum Gasteiger partial charge on any atom is -0.495 e. The molecule has 5 nitrogen and oxygen atoms in total. The van der Waals surface area contributed by atoms with Crippen LogP contribution in [0.2, 0.25) is 0 Å². The molecule has 1 aromatic carbocycles. The van der Waals surface area contributed by atoms with Crippen LogP contribution < -0.4 is 15.8 Å². The molecule has 2 rings (SSSR count). The number of carbonyl (C=O) groups excluding carboxylic acids is 1. The summed E-state index contributed by atoms with van der Waals surface area (Å²) in [5.41, 5.74) is 7.26. The van der Waals surface area contributed by atoms with Crippen molar-refractivity contribution in [1.29, 1.82) is 0 Å². The Labute approximate surface area is 131 Å². The zero-order valence-corrected chi connectivity index (χ0v) is 13.5. The fourth-order valence-corrected chi connectivity index (χ4v) is 3.77. The summed E-state index contributed by atoms with van der Waals surface area (Å²) in [4.78, 5) is 16.1. The normalized spacial score (nSPS) is 10.4. The smallest absolute Gasteiger partial charge is 0.225 e. The maximum atomic E-state index is 11.9. The number of thioether (sulfide) groups is 1. The number of nitrogen functional groups attached to an aromatic ring is 1. The summed E-state index contributed by atoms with van der Waals surface area (Å²) in [6.45, 7) is 1.92. The van der Waals surface area contributed by atoms with Crippen LogP contribution in [0.4, 0.5) is 10.8 Å². The molecule has 0 atom stereocenters. The van der Waals surface area contributed by atoms with E-state index >= 15 is 0 Å². The van der Waals surface area contributed by atoms with E-state index in [9.17, 15) is 4.79 Å². The Morgan fingerprint density at radius 3 is 2.90 bits per heavy atom. The second-order valence-corrected chi connectivity index (χ2v) is 6.67. The fraction of sp³-hybridized carbons (Fsp3) is 0.286. The van der Waals surface area contributed by atoms with Crippen molar-refractivity contribution in [1.82, 2.24) is 4.98 Å². The monoisotopic (exact) mass is 323 g/mol. The highest BCUT2D eigenvalue weighted by atomic mass is 32.2. The van der Waals surface area contributed by atoms with Gasteiger partial charge in [-0.15, -0.1) is 11.8 Å². The van der Waals surface area contributed by atoms with Crippen molar-refractivity contribution in [2.75, 3.05) is 23.9 Å². The molecule has 0 saturated heterocycles. The predicted molar refractivity (Wildman–Crippen MR) is 88.2 cm³/mol. The van der Waals surface area contributed by atoms with Gasteiger partial charge in [0.2, 0.25) is 5.91 Å². The van der Waals surface area contributed by atoms with Gasteiger partial charge < -0.3 is 15.8 Å². The third-order valence-corrected chi connectivity index (χ3v) is 5.06. The number of aryl methyl sites for hydroxylation is 1. The number of amides is 1. The molecule has 1 aromatic heterocycles. The lowest BCUT2D eigenvalue weighted by molar-refractivity contribution is -0.115. The van der Waals surface area contributed by atoms with Gasteiger partial charge in [-0.2, -0.15) is 0 Å². The van der Waals surface area contributed by atoms with E-state index in [4.69, 9.17) is 10.5 Å². The number of hydrogen-bond donors (Lipinski definition) is 2. The van der Waals surface area contributed by atoms with Crippen LogP contribution in [-0.4, -0.2) is 23.8 Å². The van der Waals surface area contributed by atoms with Crippen molar-refractivity contribution >= 4 is 39.8 Å². The first-order chi connectivity index (χ1) is 10.1. The van der Waals surface area contributed by atoms with Gasteiger partial charge in [-0.05, 0) is 19.1 Å². The molecule has 1 heterocycles. The quantitative estimate of drug-likeness (QED) is 0.799. The third-order valence-electron chi connectivity index (χ3n) is 2.71. The minimum atomic E-state index is -0.0397. The van der Waals surface area contributed by atoms with Crippen molar-refractivity contribution in [3.63, 3.8) is 0 Å². The van der Waals surface area contributed by atoms with Gasteiger partial charge in [0.15, 0.2) is 5.13 Å². The lowest BCUT2D eigenvalue weighted by Crippen LogP contribution is -2.12. The van der Waals surface area contributed by atoms with Crippen LogP contribution in [0.25, 0.3) is 0 Å². The van der Waals surface area contributed by atoms with Crippen LogP contribution in [0.1, 0.15) is 12.1 Å². The van der Waals surface area contributed by atoms with Gasteiger partial charge in [-0.25, -0.2) is 4.98 Å². The van der Waals surface area contributed by atoms with Crippen LogP contribution >= 0.6 is 23.1 Å². The van der Waals surface area contributed by atoms with Crippen molar-refractivity contribution < 1.29 is 9.53 Å². The van der Waals surface area contributed by atoms with Gasteiger partial charge in [0, 0.05) is 12.2 Å². The molecule has 0 unspecified atom stereocenters. The molecular weight excluding hydrogens is 306 g/mol. The zero-order chi connectivity index (χ0) is 15.2. The van der Waals surface area contributed by atoms with E-state index in [-0.39, 0.29) is 5.91 Å². The maximum Gasteiger partial charge on any atom is 0.225 e. The SMILES string of the molecule is COc1ccccc1NC(=O)CCSc1sc(N)nc1C. The fourth-order valence-electron chi connectivity index (χ4n) is 1.73. The molecule has 0 fully saturated rings. The summed E-state index contributed by atoms with van der Waals surface area (Å²) in [6, 6.07) is 7.35. The second-order valence-electron chi connectivity index (χ2n) is 4.27. The van der Waals surface area contributed by atoms with Crippen molar-refractivity contribution in [3.8, 4) is 5.75 Å². The number of anilines is 2. The number of nitrogens with two attached hydrogens (primary N) is 1. The van der Waals surface area contributed by atoms with E-state index in [1.807, 2.05) is 31.2 Å². The first-order valence-electron chi connectivity index (χ1n) is 6.38. The Balaban J connectivity index is 1.84. The van der Waals surface area contributed by atoms with Gasteiger partial charge in [0.1, 0.15) is 5.75 Å². The van der Waals surface area contributed by atoms with E-state index in [1.54, 1.807) is 18.9 Å². The number of thiazole rings is 1. The number of nitrogens with one attached hydrogen (secondary N) is 1. The number of benzene rings is 1. The predicted octanol–water partition coefficient (Wildman–Crippen LogP) is 3.16. The number of para-hydroxylation sites is 2. The van der Waals surface area contributed by atoms with E-state index in [2.05, 4.69) is 10.3 Å². The van der Waals surface area contributed by atoms with E-state index in [0.29, 0.717) is 28.7 Å². The second kappa shape index (κ2) is 7.33. The van der Waals surface area contributed by atoms with Crippen molar-refractivity contribution in [2.45, 2.75) is 17.6 Å². The lowest BCUT2D eigenvalue weighted by Gasteiger charge is -2.09. The Kier molecular flexibility index (Phi) is 5.46. The highest BCUT2D eigenvalue weighted by Crippen LogP contribution is 2.31. The third kappa shape index (κ3) is 4.37. The van der Waals surface area contributed by atoms with Crippen molar-refractivity contribution in [2.24, 2.45) is 0 Å². The summed E-state index contributed by atoms with van der Waals surface area (Å²) in [5.74, 6) is 1.30. The number of aromatic nitrogens is 1. The van der Waals surface area contributed by atoms with E-state index < -0.39 is 0 Å². The van der Waals surface area contributed by atoms with Crippen LogP contribution in [-0.2, 0) is 4.79 Å². The van der Waals surface area contributed by atoms with Gasteiger partial charge >= 0.3 is 0 Å². The zero-order valence-electron chi connectivity index (χ0n) is 11.9. The van der Waals surface area contributed by atoms with E-state index in [0.717, 1.165) is 9.90 Å². The molecule has 0 aliphatic rings. The number of nitrogens with zero attached hydrogens (tertiary/aromatic N) is 1. The number of rotatable bonds is 6. The molecule has 112 valence electrons. The van der Waals surface area contributed by atoms with Crippen LogP contribution in [0, 0.1) is 6.92 Å². The molecule has 0 aliphatic heterocycles. The summed E-state index contributed by atoms with van der Waals surface area (Å²) in [7, 11) is 1.58. The molecule has 2 aromatic rings. The Morgan fingerprint density at radius 2 is 2.24 bits per heavy atom. The average Bonchev–Trinajstić information content (AvgIpc) is 2.77. The summed E-state index contributed by atoms with van der Waals surface area (Å²) in [5, 5.41) is 3.42. The molecule has 1 amide bonds. The van der Waals surface area contributed by atoms with Gasteiger partial charge in [0.05, 0.1) is 22.7 Å². The minimum absolute atomic E-state index is 0.0397. The largest absolute Gasteiger partial charge is 0.495 e. The first-order valence-corrected chi connectivity index (χ1v) is 8.19. The van der Waals surface area contributed by atoms with Crippen LogP contribution in [0.15, 0.2) is 28.5 Å². The topological polar surface area (TPSA) is 77.2 Å². The highest BCUT2D eigenvalue weighted by molar-refractivity contribution is 8.01. The number of hydrogen-bond acceptors (Lipinski definition) is 6. The van der Waals surface area contributed by atoms with Crippen LogP contribution in [0.3, 0.4) is 0 Å². The highest BCUT2D eigenvalue weighted by Gasteiger charge is 2.09. The number of methoxy groups -OCH3 is 1. The Hall–Kier alpha value is -1.73. The average molecular weight is 323 g/mol. The molecule has 0 saturated carbocycles. The molecule has 21 heavy (non-hydrogen) atoms. The molecule has 0 radical (unpaired) electrons.